The van der Waals surface area contributed by atoms with Crippen LogP contribution in [0.1, 0.15) is 41.4 Å². The average molecular weight is 519 g/mol. The predicted molar refractivity (Wildman–Crippen MR) is 147 cm³/mol. The van der Waals surface area contributed by atoms with E-state index in [1.54, 1.807) is 29.9 Å². The van der Waals surface area contributed by atoms with Gasteiger partial charge in [-0.05, 0) is 81.9 Å². The lowest BCUT2D eigenvalue weighted by molar-refractivity contribution is 0.0934. The van der Waals surface area contributed by atoms with Crippen molar-refractivity contribution in [3.05, 3.63) is 77.5 Å². The number of hydrogen-bond acceptors (Lipinski definition) is 5. The predicted octanol–water partition coefficient (Wildman–Crippen LogP) is 4.85. The Morgan fingerprint density at radius 2 is 1.92 bits per heavy atom. The first kappa shape index (κ1) is 27.1. The minimum absolute atomic E-state index is 0.00970. The summed E-state index contributed by atoms with van der Waals surface area (Å²) >= 11 is 0. The molecule has 4 rings (SSSR count). The van der Waals surface area contributed by atoms with Crippen molar-refractivity contribution in [1.29, 1.82) is 0 Å². The molecule has 2 aromatic carbocycles. The van der Waals surface area contributed by atoms with Crippen molar-refractivity contribution >= 4 is 5.91 Å². The summed E-state index contributed by atoms with van der Waals surface area (Å²) in [5, 5.41) is 11.9. The number of amides is 1. The van der Waals surface area contributed by atoms with Gasteiger partial charge in [0.25, 0.3) is 5.91 Å². The van der Waals surface area contributed by atoms with Crippen LogP contribution >= 0.6 is 0 Å². The van der Waals surface area contributed by atoms with Crippen LogP contribution in [0, 0.1) is 12.7 Å². The Hall–Kier alpha value is -3.98. The van der Waals surface area contributed by atoms with Gasteiger partial charge >= 0.3 is 0 Å². The van der Waals surface area contributed by atoms with E-state index in [0.29, 0.717) is 18.7 Å². The van der Waals surface area contributed by atoms with E-state index in [-0.39, 0.29) is 11.3 Å². The number of nitrogens with zero attached hydrogens (tertiary/aromatic N) is 5. The second kappa shape index (κ2) is 11.6. The fourth-order valence-electron chi connectivity index (χ4n) is 4.21. The molecule has 1 atom stereocenters. The SMILES string of the molecule is CCn1ccc(-c2cc(-c3cnn(C)c3)cc([C@@H](C)NC(=O)c3c(C)ccc(OCCN(C)C)c3F)c2)n1. The van der Waals surface area contributed by atoms with E-state index in [1.165, 1.54) is 0 Å². The van der Waals surface area contributed by atoms with Crippen LogP contribution < -0.4 is 10.1 Å². The van der Waals surface area contributed by atoms with Crippen molar-refractivity contribution in [2.45, 2.75) is 33.4 Å². The molecular formula is C29H35FN6O2. The van der Waals surface area contributed by atoms with Gasteiger partial charge in [-0.2, -0.15) is 10.2 Å². The third-order valence-corrected chi connectivity index (χ3v) is 6.44. The number of ether oxygens (including phenoxy) is 1. The molecular weight excluding hydrogens is 483 g/mol. The molecule has 2 aromatic heterocycles. The van der Waals surface area contributed by atoms with Gasteiger partial charge in [-0.25, -0.2) is 4.39 Å². The number of aryl methyl sites for hydroxylation is 3. The second-order valence-electron chi connectivity index (χ2n) is 9.72. The standard InChI is InChI=1S/C29H35FN6O2/c1-7-36-11-10-25(33-36)23-15-21(14-22(16-23)24-17-31-35(6)18-24)20(3)32-29(37)27-19(2)8-9-26(28(27)30)38-13-12-34(4)5/h8-11,14-18,20H,7,12-13H2,1-6H3,(H,32,37)/t20-/m1/s1. The summed E-state index contributed by atoms with van der Waals surface area (Å²) in [6, 6.07) is 10.9. The second-order valence-corrected chi connectivity index (χ2v) is 9.72. The van der Waals surface area contributed by atoms with Gasteiger partial charge in [0.1, 0.15) is 6.61 Å². The zero-order chi connectivity index (χ0) is 27.4. The van der Waals surface area contributed by atoms with E-state index >= 15 is 4.39 Å². The zero-order valence-corrected chi connectivity index (χ0v) is 22.8. The van der Waals surface area contributed by atoms with E-state index in [9.17, 15) is 4.79 Å². The number of carbonyl (C=O) groups excluding carboxylic acids is 1. The Morgan fingerprint density at radius 3 is 2.58 bits per heavy atom. The van der Waals surface area contributed by atoms with E-state index in [4.69, 9.17) is 4.74 Å². The van der Waals surface area contributed by atoms with Crippen LogP contribution in [-0.4, -0.2) is 57.6 Å². The average Bonchev–Trinajstić information content (AvgIpc) is 3.54. The van der Waals surface area contributed by atoms with Gasteiger partial charge in [-0.1, -0.05) is 6.07 Å². The molecule has 2 heterocycles. The molecule has 38 heavy (non-hydrogen) atoms. The van der Waals surface area contributed by atoms with Crippen LogP contribution in [0.3, 0.4) is 0 Å². The van der Waals surface area contributed by atoms with E-state index < -0.39 is 17.8 Å². The fraction of sp³-hybridized carbons (Fsp3) is 0.345. The van der Waals surface area contributed by atoms with E-state index in [2.05, 4.69) is 21.6 Å². The Balaban J connectivity index is 1.64. The first-order valence-corrected chi connectivity index (χ1v) is 12.7. The highest BCUT2D eigenvalue weighted by atomic mass is 19.1. The van der Waals surface area contributed by atoms with Gasteiger partial charge in [0.15, 0.2) is 11.6 Å². The maximum atomic E-state index is 15.4. The summed E-state index contributed by atoms with van der Waals surface area (Å²) in [7, 11) is 5.70. The number of nitrogens with one attached hydrogen (secondary N) is 1. The molecule has 0 aliphatic heterocycles. The molecule has 0 bridgehead atoms. The van der Waals surface area contributed by atoms with Crippen molar-refractivity contribution in [2.75, 3.05) is 27.2 Å². The molecule has 8 nitrogen and oxygen atoms in total. The number of hydrogen-bond donors (Lipinski definition) is 1. The summed E-state index contributed by atoms with van der Waals surface area (Å²) in [6.45, 7) is 7.37. The lowest BCUT2D eigenvalue weighted by Crippen LogP contribution is -2.28. The van der Waals surface area contributed by atoms with Gasteiger partial charge in [0.2, 0.25) is 0 Å². The lowest BCUT2D eigenvalue weighted by Gasteiger charge is -2.19. The van der Waals surface area contributed by atoms with Crippen molar-refractivity contribution in [3.63, 3.8) is 0 Å². The molecule has 0 saturated carbocycles. The summed E-state index contributed by atoms with van der Waals surface area (Å²) in [6.07, 6.45) is 5.69. The minimum atomic E-state index is -0.650. The van der Waals surface area contributed by atoms with Gasteiger partial charge in [0, 0.05) is 43.7 Å². The topological polar surface area (TPSA) is 77.2 Å². The lowest BCUT2D eigenvalue weighted by atomic mass is 9.96. The molecule has 0 spiro atoms. The molecule has 0 aliphatic carbocycles. The number of rotatable bonds is 10. The highest BCUT2D eigenvalue weighted by Crippen LogP contribution is 2.31. The minimum Gasteiger partial charge on any atom is -0.489 e. The van der Waals surface area contributed by atoms with Crippen LogP contribution in [0.4, 0.5) is 4.39 Å². The highest BCUT2D eigenvalue weighted by Gasteiger charge is 2.22. The quantitative estimate of drug-likeness (QED) is 0.325. The maximum absolute atomic E-state index is 15.4. The van der Waals surface area contributed by atoms with Gasteiger partial charge in [-0.3, -0.25) is 14.2 Å². The Bertz CT molecular complexity index is 1420. The van der Waals surface area contributed by atoms with E-state index in [1.807, 2.05) is 75.2 Å². The Kier molecular flexibility index (Phi) is 8.26. The summed E-state index contributed by atoms with van der Waals surface area (Å²) in [5.74, 6) is -1.07. The van der Waals surface area contributed by atoms with Crippen LogP contribution in [0.2, 0.25) is 0 Å². The Morgan fingerprint density at radius 1 is 1.16 bits per heavy atom. The molecule has 0 radical (unpaired) electrons. The molecule has 200 valence electrons. The van der Waals surface area contributed by atoms with Crippen molar-refractivity contribution < 1.29 is 13.9 Å². The largest absolute Gasteiger partial charge is 0.489 e. The van der Waals surface area contributed by atoms with Crippen molar-refractivity contribution in [1.82, 2.24) is 29.8 Å². The number of likely N-dealkylation sites (N-methyl/N-ethyl adjacent to an activating group) is 1. The third-order valence-electron chi connectivity index (χ3n) is 6.44. The van der Waals surface area contributed by atoms with Gasteiger partial charge in [-0.15, -0.1) is 0 Å². The first-order valence-electron chi connectivity index (χ1n) is 12.7. The fourth-order valence-corrected chi connectivity index (χ4v) is 4.21. The van der Waals surface area contributed by atoms with Crippen LogP contribution in [0.25, 0.3) is 22.4 Å². The van der Waals surface area contributed by atoms with Gasteiger partial charge in [0.05, 0.1) is 23.5 Å². The monoisotopic (exact) mass is 518 g/mol. The first-order chi connectivity index (χ1) is 18.2. The van der Waals surface area contributed by atoms with Crippen LogP contribution in [0.5, 0.6) is 5.75 Å². The summed E-state index contributed by atoms with van der Waals surface area (Å²) < 4.78 is 24.6. The third kappa shape index (κ3) is 6.11. The zero-order valence-electron chi connectivity index (χ0n) is 22.8. The Labute approximate surface area is 223 Å². The maximum Gasteiger partial charge on any atom is 0.255 e. The van der Waals surface area contributed by atoms with Crippen molar-refractivity contribution in [3.8, 4) is 28.1 Å². The number of carbonyl (C=O) groups is 1. The van der Waals surface area contributed by atoms with Crippen LogP contribution in [-0.2, 0) is 13.6 Å². The highest BCUT2D eigenvalue weighted by molar-refractivity contribution is 5.96. The molecule has 1 N–H and O–H groups in total. The molecule has 1 amide bonds. The summed E-state index contributed by atoms with van der Waals surface area (Å²) in [4.78, 5) is 15.3. The number of benzene rings is 2. The smallest absolute Gasteiger partial charge is 0.255 e. The number of halogens is 1. The number of aromatic nitrogens is 4. The van der Waals surface area contributed by atoms with E-state index in [0.717, 1.165) is 34.5 Å². The normalized spacial score (nSPS) is 12.1. The van der Waals surface area contributed by atoms with Crippen LogP contribution in [0.15, 0.2) is 55.0 Å². The molecule has 0 aliphatic rings. The summed E-state index contributed by atoms with van der Waals surface area (Å²) in [5.41, 5.74) is 5.07. The molecule has 4 aromatic rings. The van der Waals surface area contributed by atoms with Gasteiger partial charge < -0.3 is 15.0 Å². The molecule has 9 heteroatoms. The molecule has 0 fully saturated rings. The molecule has 0 saturated heterocycles. The van der Waals surface area contributed by atoms with Crippen molar-refractivity contribution in [2.24, 2.45) is 7.05 Å². The molecule has 0 unspecified atom stereocenters.